The molecule has 0 saturated carbocycles. The number of carbonyl (C=O) groups is 3. The average molecular weight is 243 g/mol. The summed E-state index contributed by atoms with van der Waals surface area (Å²) in [5.41, 5.74) is 0. The van der Waals surface area contributed by atoms with Crippen molar-refractivity contribution in [3.8, 4) is 0 Å². The molecule has 0 spiro atoms. The highest BCUT2D eigenvalue weighted by molar-refractivity contribution is 6.04. The molecule has 1 rings (SSSR count). The largest absolute Gasteiger partial charge is 0.393 e. The number of imide groups is 1. The van der Waals surface area contributed by atoms with E-state index in [9.17, 15) is 14.4 Å². The van der Waals surface area contributed by atoms with Crippen LogP contribution >= 0.6 is 0 Å². The van der Waals surface area contributed by atoms with Gasteiger partial charge in [-0.25, -0.2) is 4.79 Å². The van der Waals surface area contributed by atoms with Crippen molar-refractivity contribution in [3.05, 3.63) is 0 Å². The molecule has 0 aromatic carbocycles. The van der Waals surface area contributed by atoms with Gasteiger partial charge in [-0.15, -0.1) is 0 Å². The summed E-state index contributed by atoms with van der Waals surface area (Å²) in [5.74, 6) is -0.772. The Bertz CT molecular complexity index is 330. The first-order valence-corrected chi connectivity index (χ1v) is 5.42. The monoisotopic (exact) mass is 243 g/mol. The van der Waals surface area contributed by atoms with Gasteiger partial charge >= 0.3 is 6.03 Å². The number of hydrogen-bond donors (Lipinski definition) is 2. The highest BCUT2D eigenvalue weighted by Crippen LogP contribution is 2.06. The molecule has 1 unspecified atom stereocenters. The topological polar surface area (TPSA) is 89.9 Å². The van der Waals surface area contributed by atoms with Crippen LogP contribution in [0.3, 0.4) is 0 Å². The van der Waals surface area contributed by atoms with Crippen molar-refractivity contribution in [2.24, 2.45) is 0 Å². The molecule has 0 radical (unpaired) electrons. The fourth-order valence-electron chi connectivity index (χ4n) is 1.44. The van der Waals surface area contributed by atoms with Crippen molar-refractivity contribution in [2.45, 2.75) is 19.4 Å². The Labute approximate surface area is 99.4 Å². The summed E-state index contributed by atoms with van der Waals surface area (Å²) in [6.45, 7) is 1.69. The molecular formula is C10H17N3O4. The molecule has 1 atom stereocenters. The normalized spacial score (nSPS) is 17.6. The quantitative estimate of drug-likeness (QED) is 0.591. The SMILES string of the molecule is CC(O)CCNC(=O)CN1C(=O)CN(C)C1=O. The second kappa shape index (κ2) is 5.62. The minimum atomic E-state index is -0.489. The first kappa shape index (κ1) is 13.4. The molecule has 2 N–H and O–H groups in total. The number of aliphatic hydroxyl groups excluding tert-OH is 1. The maximum absolute atomic E-state index is 11.4. The molecule has 0 aliphatic carbocycles. The molecule has 1 saturated heterocycles. The molecule has 7 nitrogen and oxygen atoms in total. The third-order valence-corrected chi connectivity index (χ3v) is 2.42. The molecule has 7 heteroatoms. The van der Waals surface area contributed by atoms with E-state index >= 15 is 0 Å². The van der Waals surface area contributed by atoms with Crippen molar-refractivity contribution >= 4 is 17.8 Å². The minimum Gasteiger partial charge on any atom is -0.393 e. The Kier molecular flexibility index (Phi) is 4.45. The van der Waals surface area contributed by atoms with E-state index in [1.54, 1.807) is 6.92 Å². The van der Waals surface area contributed by atoms with Gasteiger partial charge in [0.15, 0.2) is 0 Å². The van der Waals surface area contributed by atoms with E-state index in [4.69, 9.17) is 5.11 Å². The van der Waals surface area contributed by atoms with Gasteiger partial charge in [0.2, 0.25) is 5.91 Å². The molecule has 1 fully saturated rings. The Morgan fingerprint density at radius 3 is 2.65 bits per heavy atom. The zero-order chi connectivity index (χ0) is 13.0. The molecule has 1 aliphatic rings. The molecule has 4 amide bonds. The van der Waals surface area contributed by atoms with Crippen LogP contribution in [-0.4, -0.2) is 65.5 Å². The van der Waals surface area contributed by atoms with E-state index in [1.807, 2.05) is 0 Å². The van der Waals surface area contributed by atoms with Gasteiger partial charge < -0.3 is 15.3 Å². The van der Waals surface area contributed by atoms with E-state index in [-0.39, 0.29) is 19.0 Å². The smallest absolute Gasteiger partial charge is 0.327 e. The number of likely N-dealkylation sites (N-methyl/N-ethyl adjacent to an activating group) is 1. The summed E-state index contributed by atoms with van der Waals surface area (Å²) < 4.78 is 0. The van der Waals surface area contributed by atoms with Crippen LogP contribution in [0.1, 0.15) is 13.3 Å². The van der Waals surface area contributed by atoms with Crippen LogP contribution in [0.4, 0.5) is 4.79 Å². The zero-order valence-corrected chi connectivity index (χ0v) is 9.97. The van der Waals surface area contributed by atoms with Crippen LogP contribution in [0, 0.1) is 0 Å². The lowest BCUT2D eigenvalue weighted by atomic mass is 10.3. The molecule has 0 aromatic heterocycles. The van der Waals surface area contributed by atoms with Crippen molar-refractivity contribution in [3.63, 3.8) is 0 Å². The van der Waals surface area contributed by atoms with Crippen LogP contribution in [0.2, 0.25) is 0 Å². The van der Waals surface area contributed by atoms with Crippen LogP contribution < -0.4 is 5.32 Å². The number of amides is 4. The van der Waals surface area contributed by atoms with Crippen LogP contribution in [0.15, 0.2) is 0 Å². The van der Waals surface area contributed by atoms with E-state index in [2.05, 4.69) is 5.32 Å². The fourth-order valence-corrected chi connectivity index (χ4v) is 1.44. The number of carbonyl (C=O) groups excluding carboxylic acids is 3. The number of aliphatic hydroxyl groups is 1. The lowest BCUT2D eigenvalue weighted by Crippen LogP contribution is -2.41. The lowest BCUT2D eigenvalue weighted by Gasteiger charge is -2.14. The number of rotatable bonds is 5. The van der Waals surface area contributed by atoms with Gasteiger partial charge in [-0.1, -0.05) is 0 Å². The maximum Gasteiger partial charge on any atom is 0.327 e. The van der Waals surface area contributed by atoms with Gasteiger partial charge in [-0.3, -0.25) is 14.5 Å². The molecule has 0 bridgehead atoms. The van der Waals surface area contributed by atoms with Crippen LogP contribution in [0.5, 0.6) is 0 Å². The third-order valence-electron chi connectivity index (χ3n) is 2.42. The molecule has 1 aliphatic heterocycles. The number of urea groups is 1. The van der Waals surface area contributed by atoms with Crippen molar-refractivity contribution in [1.82, 2.24) is 15.1 Å². The number of nitrogens with zero attached hydrogens (tertiary/aromatic N) is 2. The summed E-state index contributed by atoms with van der Waals surface area (Å²) in [7, 11) is 1.51. The lowest BCUT2D eigenvalue weighted by molar-refractivity contribution is -0.130. The van der Waals surface area contributed by atoms with E-state index < -0.39 is 18.0 Å². The first-order valence-electron chi connectivity index (χ1n) is 5.42. The Morgan fingerprint density at radius 2 is 2.18 bits per heavy atom. The fraction of sp³-hybridized carbons (Fsp3) is 0.700. The summed E-state index contributed by atoms with van der Waals surface area (Å²) in [6.07, 6.45) is -0.0513. The first-order chi connectivity index (χ1) is 7.91. The van der Waals surface area contributed by atoms with Gasteiger partial charge in [0, 0.05) is 13.6 Å². The van der Waals surface area contributed by atoms with Crippen LogP contribution in [0.25, 0.3) is 0 Å². The minimum absolute atomic E-state index is 0.0137. The second-order valence-electron chi connectivity index (χ2n) is 4.11. The van der Waals surface area contributed by atoms with Gasteiger partial charge in [0.05, 0.1) is 6.10 Å². The Balaban J connectivity index is 2.36. The average Bonchev–Trinajstić information content (AvgIpc) is 2.44. The van der Waals surface area contributed by atoms with Crippen LogP contribution in [-0.2, 0) is 9.59 Å². The highest BCUT2D eigenvalue weighted by Gasteiger charge is 2.34. The van der Waals surface area contributed by atoms with E-state index in [1.165, 1.54) is 11.9 Å². The van der Waals surface area contributed by atoms with Gasteiger partial charge in [0.25, 0.3) is 5.91 Å². The summed E-state index contributed by atoms with van der Waals surface area (Å²) in [4.78, 5) is 36.4. The molecule has 0 aromatic rings. The maximum atomic E-state index is 11.4. The van der Waals surface area contributed by atoms with Gasteiger partial charge in [0.1, 0.15) is 13.1 Å². The summed E-state index contributed by atoms with van der Waals surface area (Å²) >= 11 is 0. The summed E-state index contributed by atoms with van der Waals surface area (Å²) in [5, 5.41) is 11.5. The predicted molar refractivity (Wildman–Crippen MR) is 59.0 cm³/mol. The molecular weight excluding hydrogens is 226 g/mol. The van der Waals surface area contributed by atoms with Crippen molar-refractivity contribution < 1.29 is 19.5 Å². The van der Waals surface area contributed by atoms with Crippen molar-refractivity contribution in [2.75, 3.05) is 26.7 Å². The Hall–Kier alpha value is -1.63. The van der Waals surface area contributed by atoms with E-state index in [0.717, 1.165) is 4.90 Å². The van der Waals surface area contributed by atoms with Gasteiger partial charge in [-0.05, 0) is 13.3 Å². The molecule has 17 heavy (non-hydrogen) atoms. The third kappa shape index (κ3) is 3.70. The van der Waals surface area contributed by atoms with E-state index in [0.29, 0.717) is 13.0 Å². The van der Waals surface area contributed by atoms with Crippen molar-refractivity contribution in [1.29, 1.82) is 0 Å². The number of hydrogen-bond acceptors (Lipinski definition) is 4. The standard InChI is InChI=1S/C10H17N3O4/c1-7(14)3-4-11-8(15)5-13-9(16)6-12(2)10(13)17/h7,14H,3-6H2,1-2H3,(H,11,15). The van der Waals surface area contributed by atoms with Gasteiger partial charge in [-0.2, -0.15) is 0 Å². The second-order valence-corrected chi connectivity index (χ2v) is 4.11. The molecule has 96 valence electrons. The highest BCUT2D eigenvalue weighted by atomic mass is 16.3. The number of nitrogens with one attached hydrogen (secondary N) is 1. The predicted octanol–water partition coefficient (Wildman–Crippen LogP) is -1.23. The summed E-state index contributed by atoms with van der Waals surface area (Å²) in [6, 6.07) is -0.458. The Morgan fingerprint density at radius 1 is 1.53 bits per heavy atom. The zero-order valence-electron chi connectivity index (χ0n) is 9.97. The molecule has 1 heterocycles.